The van der Waals surface area contributed by atoms with E-state index in [1.54, 1.807) is 0 Å². The van der Waals surface area contributed by atoms with Gasteiger partial charge in [0.1, 0.15) is 0 Å². The zero-order chi connectivity index (χ0) is 14.5. The third-order valence-electron chi connectivity index (χ3n) is 4.17. The van der Waals surface area contributed by atoms with Gasteiger partial charge < -0.3 is 10.2 Å². The Morgan fingerprint density at radius 3 is 2.76 bits per heavy atom. The molecule has 0 aliphatic carbocycles. The SMILES string of the molecule is Cc1cccc(N2CCCNC(Cc3ccccc3)C2)c1. The fourth-order valence-corrected chi connectivity index (χ4v) is 3.09. The molecule has 1 atom stereocenters. The van der Waals surface area contributed by atoms with E-state index < -0.39 is 0 Å². The molecule has 1 N–H and O–H groups in total. The maximum atomic E-state index is 3.70. The van der Waals surface area contributed by atoms with E-state index in [1.165, 1.54) is 23.2 Å². The van der Waals surface area contributed by atoms with Gasteiger partial charge in [0, 0.05) is 24.8 Å². The minimum atomic E-state index is 0.524. The smallest absolute Gasteiger partial charge is 0.0369 e. The van der Waals surface area contributed by atoms with E-state index in [0.717, 1.165) is 26.1 Å². The first-order valence-electron chi connectivity index (χ1n) is 7.90. The maximum absolute atomic E-state index is 3.70. The number of nitrogens with zero attached hydrogens (tertiary/aromatic N) is 1. The van der Waals surface area contributed by atoms with Crippen LogP contribution in [0.15, 0.2) is 54.6 Å². The van der Waals surface area contributed by atoms with Crippen LogP contribution in [0.5, 0.6) is 0 Å². The first-order chi connectivity index (χ1) is 10.3. The molecule has 21 heavy (non-hydrogen) atoms. The van der Waals surface area contributed by atoms with Crippen LogP contribution in [0.2, 0.25) is 0 Å². The highest BCUT2D eigenvalue weighted by Crippen LogP contribution is 2.18. The molecular formula is C19H24N2. The third-order valence-corrected chi connectivity index (χ3v) is 4.17. The molecule has 0 bridgehead atoms. The van der Waals surface area contributed by atoms with Crippen molar-refractivity contribution < 1.29 is 0 Å². The molecule has 2 heteroatoms. The minimum absolute atomic E-state index is 0.524. The van der Waals surface area contributed by atoms with Crippen LogP contribution in [0.1, 0.15) is 17.5 Å². The summed E-state index contributed by atoms with van der Waals surface area (Å²) in [5, 5.41) is 3.70. The highest BCUT2D eigenvalue weighted by atomic mass is 15.2. The van der Waals surface area contributed by atoms with Crippen LogP contribution in [0.25, 0.3) is 0 Å². The molecule has 0 saturated carbocycles. The number of hydrogen-bond acceptors (Lipinski definition) is 2. The van der Waals surface area contributed by atoms with Crippen molar-refractivity contribution in [3.8, 4) is 0 Å². The van der Waals surface area contributed by atoms with Gasteiger partial charge in [-0.2, -0.15) is 0 Å². The number of anilines is 1. The van der Waals surface area contributed by atoms with Gasteiger partial charge in [-0.1, -0.05) is 42.5 Å². The molecule has 0 radical (unpaired) electrons. The lowest BCUT2D eigenvalue weighted by Crippen LogP contribution is -2.39. The Morgan fingerprint density at radius 1 is 1.10 bits per heavy atom. The van der Waals surface area contributed by atoms with Crippen LogP contribution in [-0.4, -0.2) is 25.7 Å². The molecule has 0 aromatic heterocycles. The minimum Gasteiger partial charge on any atom is -0.370 e. The first kappa shape index (κ1) is 14.2. The summed E-state index contributed by atoms with van der Waals surface area (Å²) in [6.07, 6.45) is 2.31. The summed E-state index contributed by atoms with van der Waals surface area (Å²) < 4.78 is 0. The van der Waals surface area contributed by atoms with Crippen molar-refractivity contribution in [1.29, 1.82) is 0 Å². The molecule has 1 fully saturated rings. The topological polar surface area (TPSA) is 15.3 Å². The summed E-state index contributed by atoms with van der Waals surface area (Å²) in [7, 11) is 0. The van der Waals surface area contributed by atoms with E-state index in [0.29, 0.717) is 6.04 Å². The Morgan fingerprint density at radius 2 is 1.95 bits per heavy atom. The Bertz CT molecular complexity index is 565. The van der Waals surface area contributed by atoms with Crippen molar-refractivity contribution in [1.82, 2.24) is 5.32 Å². The number of benzene rings is 2. The predicted molar refractivity (Wildman–Crippen MR) is 89.9 cm³/mol. The highest BCUT2D eigenvalue weighted by Gasteiger charge is 2.18. The molecule has 110 valence electrons. The van der Waals surface area contributed by atoms with Gasteiger partial charge in [-0.25, -0.2) is 0 Å². The number of hydrogen-bond donors (Lipinski definition) is 1. The average molecular weight is 280 g/mol. The molecule has 3 rings (SSSR count). The largest absolute Gasteiger partial charge is 0.370 e. The molecular weight excluding hydrogens is 256 g/mol. The van der Waals surface area contributed by atoms with E-state index >= 15 is 0 Å². The molecule has 1 aliphatic rings. The van der Waals surface area contributed by atoms with Gasteiger partial charge in [0.2, 0.25) is 0 Å². The summed E-state index contributed by atoms with van der Waals surface area (Å²) in [5.41, 5.74) is 4.11. The average Bonchev–Trinajstić information content (AvgIpc) is 2.74. The first-order valence-corrected chi connectivity index (χ1v) is 7.90. The maximum Gasteiger partial charge on any atom is 0.0369 e. The van der Waals surface area contributed by atoms with Crippen LogP contribution in [0.3, 0.4) is 0 Å². The highest BCUT2D eigenvalue weighted by molar-refractivity contribution is 5.48. The summed E-state index contributed by atoms with van der Waals surface area (Å²) in [6.45, 7) is 5.50. The monoisotopic (exact) mass is 280 g/mol. The summed E-state index contributed by atoms with van der Waals surface area (Å²) in [6, 6.07) is 20.2. The molecule has 2 nitrogen and oxygen atoms in total. The molecule has 1 unspecified atom stereocenters. The van der Waals surface area contributed by atoms with Crippen molar-refractivity contribution in [3.05, 3.63) is 65.7 Å². The van der Waals surface area contributed by atoms with Crippen molar-refractivity contribution in [2.45, 2.75) is 25.8 Å². The molecule has 0 amide bonds. The van der Waals surface area contributed by atoms with Crippen LogP contribution >= 0.6 is 0 Å². The molecule has 0 spiro atoms. The van der Waals surface area contributed by atoms with Crippen molar-refractivity contribution in [2.24, 2.45) is 0 Å². The lowest BCUT2D eigenvalue weighted by Gasteiger charge is -2.27. The molecule has 1 aliphatic heterocycles. The van der Waals surface area contributed by atoms with Crippen molar-refractivity contribution >= 4 is 5.69 Å². The quantitative estimate of drug-likeness (QED) is 0.927. The fraction of sp³-hybridized carbons (Fsp3) is 0.368. The Hall–Kier alpha value is -1.80. The van der Waals surface area contributed by atoms with Gasteiger partial charge in [-0.05, 0) is 49.6 Å². The summed E-state index contributed by atoms with van der Waals surface area (Å²) in [5.74, 6) is 0. The van der Waals surface area contributed by atoms with Crippen molar-refractivity contribution in [2.75, 3.05) is 24.5 Å². The lowest BCUT2D eigenvalue weighted by molar-refractivity contribution is 0.540. The van der Waals surface area contributed by atoms with Crippen LogP contribution in [-0.2, 0) is 6.42 Å². The molecule has 2 aromatic carbocycles. The van der Waals surface area contributed by atoms with E-state index in [4.69, 9.17) is 0 Å². The van der Waals surface area contributed by atoms with Gasteiger partial charge in [0.25, 0.3) is 0 Å². The Kier molecular flexibility index (Phi) is 4.56. The van der Waals surface area contributed by atoms with Gasteiger partial charge in [-0.3, -0.25) is 0 Å². The Labute approximate surface area is 127 Å². The molecule has 1 saturated heterocycles. The van der Waals surface area contributed by atoms with Gasteiger partial charge in [-0.15, -0.1) is 0 Å². The van der Waals surface area contributed by atoms with Gasteiger partial charge >= 0.3 is 0 Å². The normalized spacial score (nSPS) is 19.3. The fourth-order valence-electron chi connectivity index (χ4n) is 3.09. The molecule has 1 heterocycles. The number of aryl methyl sites for hydroxylation is 1. The molecule has 2 aromatic rings. The Balaban J connectivity index is 1.71. The van der Waals surface area contributed by atoms with E-state index in [9.17, 15) is 0 Å². The van der Waals surface area contributed by atoms with Crippen LogP contribution in [0.4, 0.5) is 5.69 Å². The second kappa shape index (κ2) is 6.77. The second-order valence-electron chi connectivity index (χ2n) is 5.98. The lowest BCUT2D eigenvalue weighted by atomic mass is 10.1. The standard InChI is InChI=1S/C19H24N2/c1-16-7-5-10-19(13-16)21-12-6-11-20-18(15-21)14-17-8-3-2-4-9-17/h2-5,7-10,13,18,20H,6,11-12,14-15H2,1H3. The van der Waals surface area contributed by atoms with Crippen LogP contribution < -0.4 is 10.2 Å². The van der Waals surface area contributed by atoms with Gasteiger partial charge in [0.15, 0.2) is 0 Å². The third kappa shape index (κ3) is 3.85. The predicted octanol–water partition coefficient (Wildman–Crippen LogP) is 3.41. The number of nitrogens with one attached hydrogen (secondary N) is 1. The summed E-state index contributed by atoms with van der Waals surface area (Å²) in [4.78, 5) is 2.53. The summed E-state index contributed by atoms with van der Waals surface area (Å²) >= 11 is 0. The van der Waals surface area contributed by atoms with Gasteiger partial charge in [0.05, 0.1) is 0 Å². The second-order valence-corrected chi connectivity index (χ2v) is 5.98. The number of rotatable bonds is 3. The zero-order valence-corrected chi connectivity index (χ0v) is 12.8. The van der Waals surface area contributed by atoms with E-state index in [-0.39, 0.29) is 0 Å². The van der Waals surface area contributed by atoms with Crippen molar-refractivity contribution in [3.63, 3.8) is 0 Å². The zero-order valence-electron chi connectivity index (χ0n) is 12.8. The van der Waals surface area contributed by atoms with E-state index in [2.05, 4.69) is 71.7 Å². The van der Waals surface area contributed by atoms with E-state index in [1.807, 2.05) is 0 Å². The van der Waals surface area contributed by atoms with Crippen LogP contribution in [0, 0.1) is 6.92 Å².